The molecule has 0 saturated heterocycles. The lowest BCUT2D eigenvalue weighted by Gasteiger charge is -2.00. The Labute approximate surface area is 113 Å². The van der Waals surface area contributed by atoms with Gasteiger partial charge in [-0.2, -0.15) is 0 Å². The van der Waals surface area contributed by atoms with Gasteiger partial charge in [0, 0.05) is 22.8 Å². The summed E-state index contributed by atoms with van der Waals surface area (Å²) >= 11 is 3.39. The van der Waals surface area contributed by atoms with Gasteiger partial charge in [-0.05, 0) is 19.1 Å². The largest absolute Gasteiger partial charge is 0.481 e. The van der Waals surface area contributed by atoms with Gasteiger partial charge < -0.3 is 9.67 Å². The van der Waals surface area contributed by atoms with E-state index in [0.29, 0.717) is 6.54 Å². The van der Waals surface area contributed by atoms with E-state index in [-0.39, 0.29) is 6.42 Å². The molecule has 0 unspecified atom stereocenters. The average Bonchev–Trinajstić information content (AvgIpc) is 2.69. The van der Waals surface area contributed by atoms with Crippen molar-refractivity contribution in [3.05, 3.63) is 40.8 Å². The molecule has 0 aliphatic heterocycles. The molecule has 4 nitrogen and oxygen atoms in total. The number of hydrogen-bond acceptors (Lipinski definition) is 2. The second kappa shape index (κ2) is 5.35. The first-order chi connectivity index (χ1) is 8.56. The molecule has 1 heterocycles. The van der Waals surface area contributed by atoms with Crippen LogP contribution in [0, 0.1) is 6.92 Å². The molecule has 0 atom stereocenters. The number of hydrogen-bond donors (Lipinski definition) is 1. The van der Waals surface area contributed by atoms with Crippen molar-refractivity contribution in [3.63, 3.8) is 0 Å². The SMILES string of the molecule is Cc1nc(-c2ccc(Br)cc2)cn1CCC(=O)O. The smallest absolute Gasteiger partial charge is 0.305 e. The molecule has 0 bridgehead atoms. The summed E-state index contributed by atoms with van der Waals surface area (Å²) in [5.74, 6) is 0.0301. The van der Waals surface area contributed by atoms with Crippen LogP contribution in [0.4, 0.5) is 0 Å². The lowest BCUT2D eigenvalue weighted by molar-refractivity contribution is -0.137. The predicted octanol–water partition coefficient (Wildman–Crippen LogP) is 3.10. The standard InChI is InChI=1S/C13H13BrN2O2/c1-9-15-12(8-16(9)7-6-13(17)18)10-2-4-11(14)5-3-10/h2-5,8H,6-7H2,1H3,(H,17,18). The van der Waals surface area contributed by atoms with Crippen LogP contribution in [-0.2, 0) is 11.3 Å². The number of rotatable bonds is 4. The van der Waals surface area contributed by atoms with Crippen LogP contribution in [0.15, 0.2) is 34.9 Å². The second-order valence-electron chi connectivity index (χ2n) is 4.02. The van der Waals surface area contributed by atoms with Gasteiger partial charge in [0.1, 0.15) is 5.82 Å². The summed E-state index contributed by atoms with van der Waals surface area (Å²) in [5.41, 5.74) is 1.89. The third-order valence-electron chi connectivity index (χ3n) is 2.68. The van der Waals surface area contributed by atoms with E-state index in [0.717, 1.165) is 21.6 Å². The normalized spacial score (nSPS) is 10.6. The minimum atomic E-state index is -0.798. The van der Waals surface area contributed by atoms with Crippen LogP contribution >= 0.6 is 15.9 Å². The average molecular weight is 309 g/mol. The number of benzene rings is 1. The van der Waals surface area contributed by atoms with Gasteiger partial charge in [0.25, 0.3) is 0 Å². The molecule has 1 N–H and O–H groups in total. The molecule has 0 amide bonds. The van der Waals surface area contributed by atoms with Crippen LogP contribution in [0.1, 0.15) is 12.2 Å². The van der Waals surface area contributed by atoms with E-state index in [1.165, 1.54) is 0 Å². The second-order valence-corrected chi connectivity index (χ2v) is 4.93. The van der Waals surface area contributed by atoms with Gasteiger partial charge >= 0.3 is 5.97 Å². The number of halogens is 1. The molecule has 1 aromatic carbocycles. The van der Waals surface area contributed by atoms with Gasteiger partial charge in [-0.3, -0.25) is 4.79 Å². The molecule has 0 saturated carbocycles. The predicted molar refractivity (Wildman–Crippen MR) is 72.4 cm³/mol. The highest BCUT2D eigenvalue weighted by Crippen LogP contribution is 2.21. The van der Waals surface area contributed by atoms with Gasteiger partial charge in [-0.15, -0.1) is 0 Å². The fraction of sp³-hybridized carbons (Fsp3) is 0.231. The number of carbonyl (C=O) groups is 1. The molecule has 94 valence electrons. The maximum atomic E-state index is 10.6. The Bertz CT molecular complexity index is 561. The van der Waals surface area contributed by atoms with Gasteiger partial charge in [-0.25, -0.2) is 4.98 Å². The molecule has 0 spiro atoms. The van der Waals surface area contributed by atoms with Crippen molar-refractivity contribution in [2.24, 2.45) is 0 Å². The highest BCUT2D eigenvalue weighted by Gasteiger charge is 2.07. The quantitative estimate of drug-likeness (QED) is 0.944. The van der Waals surface area contributed by atoms with Crippen molar-refractivity contribution in [2.75, 3.05) is 0 Å². The fourth-order valence-electron chi connectivity index (χ4n) is 1.71. The zero-order valence-electron chi connectivity index (χ0n) is 9.93. The highest BCUT2D eigenvalue weighted by atomic mass is 79.9. The van der Waals surface area contributed by atoms with Crippen molar-refractivity contribution in [3.8, 4) is 11.3 Å². The van der Waals surface area contributed by atoms with Crippen molar-refractivity contribution in [1.29, 1.82) is 0 Å². The minimum absolute atomic E-state index is 0.108. The van der Waals surface area contributed by atoms with Crippen LogP contribution in [0.5, 0.6) is 0 Å². The Morgan fingerprint density at radius 3 is 2.67 bits per heavy atom. The number of imidazole rings is 1. The van der Waals surface area contributed by atoms with E-state index in [1.54, 1.807) is 0 Å². The van der Waals surface area contributed by atoms with E-state index in [4.69, 9.17) is 5.11 Å². The molecular formula is C13H13BrN2O2. The summed E-state index contributed by atoms with van der Waals surface area (Å²) in [5, 5.41) is 8.68. The van der Waals surface area contributed by atoms with Crippen LogP contribution in [0.3, 0.4) is 0 Å². The molecule has 2 aromatic rings. The molecule has 18 heavy (non-hydrogen) atoms. The van der Waals surface area contributed by atoms with Crippen LogP contribution in [-0.4, -0.2) is 20.6 Å². The Kier molecular flexibility index (Phi) is 3.81. The molecule has 2 rings (SSSR count). The Balaban J connectivity index is 2.22. The number of aryl methyl sites for hydroxylation is 2. The number of nitrogens with zero attached hydrogens (tertiary/aromatic N) is 2. The molecular weight excluding hydrogens is 296 g/mol. The maximum Gasteiger partial charge on any atom is 0.305 e. The van der Waals surface area contributed by atoms with Crippen LogP contribution in [0.25, 0.3) is 11.3 Å². The highest BCUT2D eigenvalue weighted by molar-refractivity contribution is 9.10. The number of carboxylic acid groups (broad SMARTS) is 1. The zero-order valence-corrected chi connectivity index (χ0v) is 11.5. The first kappa shape index (κ1) is 12.8. The lowest BCUT2D eigenvalue weighted by atomic mass is 10.2. The van der Waals surface area contributed by atoms with E-state index in [2.05, 4.69) is 20.9 Å². The van der Waals surface area contributed by atoms with Crippen molar-refractivity contribution < 1.29 is 9.90 Å². The monoisotopic (exact) mass is 308 g/mol. The Morgan fingerprint density at radius 1 is 1.39 bits per heavy atom. The number of aromatic nitrogens is 2. The van der Waals surface area contributed by atoms with Crippen LogP contribution < -0.4 is 0 Å². The summed E-state index contributed by atoms with van der Waals surface area (Å²) in [6, 6.07) is 7.88. The topological polar surface area (TPSA) is 55.1 Å². The van der Waals surface area contributed by atoms with Crippen LogP contribution in [0.2, 0.25) is 0 Å². The van der Waals surface area contributed by atoms with Gasteiger partial charge in [0.05, 0.1) is 12.1 Å². The summed E-state index contributed by atoms with van der Waals surface area (Å²) in [6.45, 7) is 2.33. The van der Waals surface area contributed by atoms with Gasteiger partial charge in [0.2, 0.25) is 0 Å². The Hall–Kier alpha value is -1.62. The van der Waals surface area contributed by atoms with E-state index in [1.807, 2.05) is 42.0 Å². The molecule has 5 heteroatoms. The summed E-state index contributed by atoms with van der Waals surface area (Å²) in [4.78, 5) is 15.0. The first-order valence-electron chi connectivity index (χ1n) is 5.58. The summed E-state index contributed by atoms with van der Waals surface area (Å²) in [6.07, 6.45) is 2.00. The summed E-state index contributed by atoms with van der Waals surface area (Å²) < 4.78 is 2.89. The van der Waals surface area contributed by atoms with Crippen molar-refractivity contribution in [1.82, 2.24) is 9.55 Å². The van der Waals surface area contributed by atoms with E-state index >= 15 is 0 Å². The maximum absolute atomic E-state index is 10.6. The summed E-state index contributed by atoms with van der Waals surface area (Å²) in [7, 11) is 0. The van der Waals surface area contributed by atoms with E-state index in [9.17, 15) is 4.79 Å². The first-order valence-corrected chi connectivity index (χ1v) is 6.37. The fourth-order valence-corrected chi connectivity index (χ4v) is 1.97. The Morgan fingerprint density at radius 2 is 2.06 bits per heavy atom. The lowest BCUT2D eigenvalue weighted by Crippen LogP contribution is -2.04. The molecule has 0 aliphatic carbocycles. The minimum Gasteiger partial charge on any atom is -0.481 e. The molecule has 0 fully saturated rings. The van der Waals surface area contributed by atoms with Gasteiger partial charge in [0.15, 0.2) is 0 Å². The number of carboxylic acids is 1. The van der Waals surface area contributed by atoms with Crippen molar-refractivity contribution in [2.45, 2.75) is 19.9 Å². The third kappa shape index (κ3) is 2.98. The van der Waals surface area contributed by atoms with Gasteiger partial charge in [-0.1, -0.05) is 28.1 Å². The van der Waals surface area contributed by atoms with E-state index < -0.39 is 5.97 Å². The molecule has 0 aliphatic rings. The molecule has 0 radical (unpaired) electrons. The molecule has 1 aromatic heterocycles. The number of aliphatic carboxylic acids is 1. The zero-order chi connectivity index (χ0) is 13.1. The third-order valence-corrected chi connectivity index (χ3v) is 3.21. The van der Waals surface area contributed by atoms with Crippen molar-refractivity contribution >= 4 is 21.9 Å².